The zero-order chi connectivity index (χ0) is 13.8. The lowest BCUT2D eigenvalue weighted by molar-refractivity contribution is -0.123. The highest BCUT2D eigenvalue weighted by molar-refractivity contribution is 5.78. The Morgan fingerprint density at radius 2 is 1.89 bits per heavy atom. The maximum atomic E-state index is 12.1. The van der Waals surface area contributed by atoms with Crippen molar-refractivity contribution < 1.29 is 14.3 Å². The van der Waals surface area contributed by atoms with Crippen LogP contribution in [0.2, 0.25) is 0 Å². The third kappa shape index (κ3) is 3.61. The number of likely N-dealkylation sites (tertiary alicyclic amines) is 1. The molecule has 0 aromatic carbocycles. The van der Waals surface area contributed by atoms with Crippen LogP contribution in [0.1, 0.15) is 45.4 Å². The highest BCUT2D eigenvalue weighted by Gasteiger charge is 2.31. The maximum absolute atomic E-state index is 12.1. The van der Waals surface area contributed by atoms with Crippen LogP contribution in [-0.2, 0) is 9.53 Å². The standard InChI is InChI=1S/C14H24N2O3/c1-10-5-2-3-7-12(10)19-14(18)16-8-4-6-11(9-16)13(15)17/h10-12H,2-9H2,1H3,(H2,15,17)/t10-,11+,12-/m1/s1. The molecular formula is C14H24N2O3. The predicted octanol–water partition coefficient (Wildman–Crippen LogP) is 1.90. The van der Waals surface area contributed by atoms with Crippen molar-refractivity contribution in [2.24, 2.45) is 17.6 Å². The van der Waals surface area contributed by atoms with Gasteiger partial charge in [-0.15, -0.1) is 0 Å². The Bertz CT molecular complexity index is 346. The van der Waals surface area contributed by atoms with Crippen LogP contribution >= 0.6 is 0 Å². The van der Waals surface area contributed by atoms with Crippen LogP contribution in [0.5, 0.6) is 0 Å². The van der Waals surface area contributed by atoms with Gasteiger partial charge in [0.25, 0.3) is 0 Å². The molecule has 0 radical (unpaired) electrons. The minimum Gasteiger partial charge on any atom is -0.446 e. The van der Waals surface area contributed by atoms with Crippen molar-refractivity contribution >= 4 is 12.0 Å². The number of carbonyl (C=O) groups excluding carboxylic acids is 2. The second-order valence-electron chi connectivity index (χ2n) is 5.87. The number of nitrogens with two attached hydrogens (primary N) is 1. The average molecular weight is 268 g/mol. The Balaban J connectivity index is 1.86. The Labute approximate surface area is 114 Å². The summed E-state index contributed by atoms with van der Waals surface area (Å²) in [6.07, 6.45) is 5.80. The number of hydrogen-bond donors (Lipinski definition) is 1. The normalized spacial score (nSPS) is 31.8. The fourth-order valence-corrected chi connectivity index (χ4v) is 3.04. The molecule has 2 N–H and O–H groups in total. The first-order chi connectivity index (χ1) is 9.08. The van der Waals surface area contributed by atoms with E-state index < -0.39 is 0 Å². The summed E-state index contributed by atoms with van der Waals surface area (Å²) in [7, 11) is 0. The molecule has 108 valence electrons. The molecule has 5 nitrogen and oxygen atoms in total. The van der Waals surface area contributed by atoms with E-state index in [4.69, 9.17) is 10.5 Å². The highest BCUT2D eigenvalue weighted by Crippen LogP contribution is 2.27. The van der Waals surface area contributed by atoms with E-state index in [1.807, 2.05) is 0 Å². The summed E-state index contributed by atoms with van der Waals surface area (Å²) in [6, 6.07) is 0. The van der Waals surface area contributed by atoms with Gasteiger partial charge in [0.05, 0.1) is 5.92 Å². The van der Waals surface area contributed by atoms with Gasteiger partial charge in [-0.2, -0.15) is 0 Å². The maximum Gasteiger partial charge on any atom is 0.410 e. The molecule has 1 aliphatic carbocycles. The molecule has 1 aliphatic heterocycles. The second kappa shape index (κ2) is 6.26. The minimum absolute atomic E-state index is 0.0372. The lowest BCUT2D eigenvalue weighted by atomic mass is 9.88. The fourth-order valence-electron chi connectivity index (χ4n) is 3.04. The van der Waals surface area contributed by atoms with Crippen molar-refractivity contribution in [3.8, 4) is 0 Å². The fraction of sp³-hybridized carbons (Fsp3) is 0.857. The lowest BCUT2D eigenvalue weighted by Crippen LogP contribution is -2.45. The molecule has 3 atom stereocenters. The first-order valence-electron chi connectivity index (χ1n) is 7.33. The molecule has 2 rings (SSSR count). The summed E-state index contributed by atoms with van der Waals surface area (Å²) in [5, 5.41) is 0. The predicted molar refractivity (Wildman–Crippen MR) is 71.4 cm³/mol. The van der Waals surface area contributed by atoms with Crippen molar-refractivity contribution in [3.05, 3.63) is 0 Å². The Kier molecular flexibility index (Phi) is 4.66. The number of ether oxygens (including phenoxy) is 1. The summed E-state index contributed by atoms with van der Waals surface area (Å²) in [6.45, 7) is 3.22. The largest absolute Gasteiger partial charge is 0.446 e. The van der Waals surface area contributed by atoms with Gasteiger partial charge in [-0.25, -0.2) is 4.79 Å². The molecule has 0 bridgehead atoms. The molecule has 0 spiro atoms. The van der Waals surface area contributed by atoms with Gasteiger partial charge in [-0.1, -0.05) is 13.3 Å². The van der Waals surface area contributed by atoms with Gasteiger partial charge in [-0.05, 0) is 38.0 Å². The molecular weight excluding hydrogens is 244 g/mol. The smallest absolute Gasteiger partial charge is 0.410 e. The van der Waals surface area contributed by atoms with E-state index in [1.165, 1.54) is 6.42 Å². The summed E-state index contributed by atoms with van der Waals surface area (Å²) in [5.41, 5.74) is 5.32. The summed E-state index contributed by atoms with van der Waals surface area (Å²) < 4.78 is 5.61. The van der Waals surface area contributed by atoms with Gasteiger partial charge >= 0.3 is 6.09 Å². The van der Waals surface area contributed by atoms with Gasteiger partial charge in [0, 0.05) is 13.1 Å². The first kappa shape index (κ1) is 14.2. The monoisotopic (exact) mass is 268 g/mol. The van der Waals surface area contributed by atoms with Gasteiger partial charge < -0.3 is 15.4 Å². The number of hydrogen-bond acceptors (Lipinski definition) is 3. The van der Waals surface area contributed by atoms with Crippen molar-refractivity contribution in [1.82, 2.24) is 4.90 Å². The number of amides is 2. The number of piperidine rings is 1. The topological polar surface area (TPSA) is 72.6 Å². The van der Waals surface area contributed by atoms with E-state index in [2.05, 4.69) is 6.92 Å². The van der Waals surface area contributed by atoms with Gasteiger partial charge in [0.15, 0.2) is 0 Å². The quantitative estimate of drug-likeness (QED) is 0.831. The number of primary amides is 1. The molecule has 0 aromatic heterocycles. The molecule has 0 aromatic rings. The van der Waals surface area contributed by atoms with Gasteiger partial charge in [0.2, 0.25) is 5.91 Å². The van der Waals surface area contributed by atoms with E-state index in [0.717, 1.165) is 32.1 Å². The van der Waals surface area contributed by atoms with Crippen molar-refractivity contribution in [1.29, 1.82) is 0 Å². The van der Waals surface area contributed by atoms with Crippen LogP contribution in [0.25, 0.3) is 0 Å². The molecule has 2 aliphatic rings. The van der Waals surface area contributed by atoms with Crippen LogP contribution in [0.4, 0.5) is 4.79 Å². The molecule has 1 saturated heterocycles. The van der Waals surface area contributed by atoms with Gasteiger partial charge in [0.1, 0.15) is 6.10 Å². The molecule has 1 heterocycles. The minimum atomic E-state index is -0.316. The van der Waals surface area contributed by atoms with E-state index in [9.17, 15) is 9.59 Å². The zero-order valence-corrected chi connectivity index (χ0v) is 11.6. The van der Waals surface area contributed by atoms with Crippen molar-refractivity contribution in [2.75, 3.05) is 13.1 Å². The molecule has 2 fully saturated rings. The zero-order valence-electron chi connectivity index (χ0n) is 11.6. The van der Waals surface area contributed by atoms with Crippen LogP contribution in [0, 0.1) is 11.8 Å². The number of rotatable bonds is 2. The third-order valence-corrected chi connectivity index (χ3v) is 4.37. The van der Waals surface area contributed by atoms with Crippen LogP contribution < -0.4 is 5.73 Å². The molecule has 5 heteroatoms. The Morgan fingerprint density at radius 3 is 2.58 bits per heavy atom. The second-order valence-corrected chi connectivity index (χ2v) is 5.87. The first-order valence-corrected chi connectivity index (χ1v) is 7.33. The number of carbonyl (C=O) groups is 2. The van der Waals surface area contributed by atoms with E-state index in [0.29, 0.717) is 19.0 Å². The van der Waals surface area contributed by atoms with E-state index >= 15 is 0 Å². The molecule has 19 heavy (non-hydrogen) atoms. The van der Waals surface area contributed by atoms with Crippen molar-refractivity contribution in [3.63, 3.8) is 0 Å². The Morgan fingerprint density at radius 1 is 1.16 bits per heavy atom. The molecule has 0 unspecified atom stereocenters. The molecule has 2 amide bonds. The van der Waals surface area contributed by atoms with Crippen LogP contribution in [0.15, 0.2) is 0 Å². The lowest BCUT2D eigenvalue weighted by Gasteiger charge is -2.34. The average Bonchev–Trinajstić information content (AvgIpc) is 2.41. The summed E-state index contributed by atoms with van der Waals surface area (Å²) >= 11 is 0. The molecule has 1 saturated carbocycles. The summed E-state index contributed by atoms with van der Waals surface area (Å²) in [5.74, 6) is -0.0944. The SMILES string of the molecule is C[C@@H]1CCCC[C@H]1OC(=O)N1CCC[C@H](C(N)=O)C1. The van der Waals surface area contributed by atoms with Crippen LogP contribution in [-0.4, -0.2) is 36.1 Å². The van der Waals surface area contributed by atoms with E-state index in [-0.39, 0.29) is 24.0 Å². The number of nitrogens with zero attached hydrogens (tertiary/aromatic N) is 1. The van der Waals surface area contributed by atoms with Crippen molar-refractivity contribution in [2.45, 2.75) is 51.6 Å². The Hall–Kier alpha value is -1.26. The van der Waals surface area contributed by atoms with Gasteiger partial charge in [-0.3, -0.25) is 4.79 Å². The van der Waals surface area contributed by atoms with Crippen LogP contribution in [0.3, 0.4) is 0 Å². The van der Waals surface area contributed by atoms with E-state index in [1.54, 1.807) is 4.90 Å². The summed E-state index contributed by atoms with van der Waals surface area (Å²) in [4.78, 5) is 25.0. The third-order valence-electron chi connectivity index (χ3n) is 4.37. The highest BCUT2D eigenvalue weighted by atomic mass is 16.6.